The zero-order valence-corrected chi connectivity index (χ0v) is 29.8. The standard InChI is InChI=1S/C40H42N2O5S2/c1-30-20-24-37(25-21-30)49(44,45)41-31(2)39(43)42(29-32-22-23-36(46-3)28-38(32)47-4)26-27-48-40(33-14-8-5-9-15-33,34-16-10-6-11-17-34)35-18-12-7-13-19-35/h5-25,28,31,41H,26-27,29H2,1-4H3. The van der Waals surface area contributed by atoms with E-state index in [0.717, 1.165) is 27.8 Å². The number of hydrogen-bond donors (Lipinski definition) is 1. The summed E-state index contributed by atoms with van der Waals surface area (Å²) in [7, 11) is -0.784. The summed E-state index contributed by atoms with van der Waals surface area (Å²) in [5, 5.41) is 0. The van der Waals surface area contributed by atoms with Gasteiger partial charge in [-0.25, -0.2) is 8.42 Å². The minimum absolute atomic E-state index is 0.107. The van der Waals surface area contributed by atoms with Gasteiger partial charge >= 0.3 is 0 Å². The first-order valence-corrected chi connectivity index (χ1v) is 18.5. The highest BCUT2D eigenvalue weighted by molar-refractivity contribution is 8.00. The molecule has 1 N–H and O–H groups in total. The molecule has 0 saturated heterocycles. The Kier molecular flexibility index (Phi) is 11.8. The number of ether oxygens (including phenoxy) is 2. The Balaban J connectivity index is 1.49. The molecule has 1 atom stereocenters. The minimum atomic E-state index is -3.95. The number of nitrogens with zero attached hydrogens (tertiary/aromatic N) is 1. The Bertz CT molecular complexity index is 1820. The lowest BCUT2D eigenvalue weighted by Crippen LogP contribution is -2.47. The van der Waals surface area contributed by atoms with Gasteiger partial charge in [0.25, 0.3) is 0 Å². The lowest BCUT2D eigenvalue weighted by Gasteiger charge is -2.36. The molecule has 0 bridgehead atoms. The number of hydrogen-bond acceptors (Lipinski definition) is 6. The number of benzene rings is 5. The van der Waals surface area contributed by atoms with Crippen LogP contribution < -0.4 is 14.2 Å². The van der Waals surface area contributed by atoms with Crippen LogP contribution in [0.25, 0.3) is 0 Å². The van der Waals surface area contributed by atoms with Crippen molar-refractivity contribution >= 4 is 27.7 Å². The second kappa shape index (κ2) is 16.2. The predicted molar refractivity (Wildman–Crippen MR) is 198 cm³/mol. The summed E-state index contributed by atoms with van der Waals surface area (Å²) in [5.74, 6) is 1.40. The van der Waals surface area contributed by atoms with Crippen molar-refractivity contribution in [3.8, 4) is 11.5 Å². The quantitative estimate of drug-likeness (QED) is 0.115. The van der Waals surface area contributed by atoms with Gasteiger partial charge < -0.3 is 14.4 Å². The summed E-state index contributed by atoms with van der Waals surface area (Å²) in [5.41, 5.74) is 5.07. The molecule has 5 aromatic rings. The average Bonchev–Trinajstić information content (AvgIpc) is 3.13. The summed E-state index contributed by atoms with van der Waals surface area (Å²) < 4.78 is 39.7. The maximum atomic E-state index is 14.2. The van der Waals surface area contributed by atoms with Crippen molar-refractivity contribution < 1.29 is 22.7 Å². The predicted octanol–water partition coefficient (Wildman–Crippen LogP) is 7.43. The molecule has 0 heterocycles. The fraction of sp³-hybridized carbons (Fsp3) is 0.225. The molecule has 0 aliphatic carbocycles. The van der Waals surface area contributed by atoms with Crippen LogP contribution >= 0.6 is 11.8 Å². The molecule has 1 unspecified atom stereocenters. The van der Waals surface area contributed by atoms with E-state index in [2.05, 4.69) is 41.1 Å². The van der Waals surface area contributed by atoms with Crippen LogP contribution in [-0.4, -0.2) is 51.8 Å². The minimum Gasteiger partial charge on any atom is -0.497 e. The van der Waals surface area contributed by atoms with Gasteiger partial charge in [-0.2, -0.15) is 4.72 Å². The number of thioether (sulfide) groups is 1. The number of sulfonamides is 1. The molecule has 0 saturated carbocycles. The zero-order chi connectivity index (χ0) is 34.9. The van der Waals surface area contributed by atoms with Gasteiger partial charge in [-0.05, 0) is 54.8 Å². The number of methoxy groups -OCH3 is 2. The zero-order valence-electron chi connectivity index (χ0n) is 28.2. The van der Waals surface area contributed by atoms with Crippen LogP contribution in [0.2, 0.25) is 0 Å². The second-order valence-corrected chi connectivity index (χ2v) is 14.7. The molecule has 254 valence electrons. The molecular formula is C40H42N2O5S2. The van der Waals surface area contributed by atoms with Crippen LogP contribution in [0, 0.1) is 6.92 Å². The fourth-order valence-corrected chi connectivity index (χ4v) is 8.60. The molecule has 5 rings (SSSR count). The molecular weight excluding hydrogens is 653 g/mol. The molecule has 5 aromatic carbocycles. The Hall–Kier alpha value is -4.57. The highest BCUT2D eigenvalue weighted by atomic mass is 32.2. The van der Waals surface area contributed by atoms with Crippen LogP contribution in [0.5, 0.6) is 11.5 Å². The van der Waals surface area contributed by atoms with Gasteiger partial charge in [0.05, 0.1) is 29.9 Å². The van der Waals surface area contributed by atoms with E-state index in [1.165, 1.54) is 0 Å². The van der Waals surface area contributed by atoms with Crippen molar-refractivity contribution in [1.82, 2.24) is 9.62 Å². The first-order valence-electron chi connectivity index (χ1n) is 16.1. The first-order chi connectivity index (χ1) is 23.7. The van der Waals surface area contributed by atoms with Crippen LogP contribution in [0.3, 0.4) is 0 Å². The number of carbonyl (C=O) groups excluding carboxylic acids is 1. The second-order valence-electron chi connectivity index (χ2n) is 11.7. The monoisotopic (exact) mass is 694 g/mol. The molecule has 0 aliphatic rings. The summed E-state index contributed by atoms with van der Waals surface area (Å²) >= 11 is 1.74. The Labute approximate surface area is 294 Å². The van der Waals surface area contributed by atoms with E-state index < -0.39 is 20.8 Å². The van der Waals surface area contributed by atoms with E-state index in [4.69, 9.17) is 9.47 Å². The maximum absolute atomic E-state index is 14.2. The number of amides is 1. The van der Waals surface area contributed by atoms with Crippen LogP contribution in [-0.2, 0) is 26.1 Å². The van der Waals surface area contributed by atoms with Crippen molar-refractivity contribution in [2.75, 3.05) is 26.5 Å². The molecule has 9 heteroatoms. The summed E-state index contributed by atoms with van der Waals surface area (Å²) in [6.07, 6.45) is 0. The van der Waals surface area contributed by atoms with Crippen molar-refractivity contribution in [2.45, 2.75) is 36.1 Å². The van der Waals surface area contributed by atoms with Gasteiger partial charge in [0.2, 0.25) is 15.9 Å². The highest BCUT2D eigenvalue weighted by Gasteiger charge is 2.37. The lowest BCUT2D eigenvalue weighted by atomic mass is 9.84. The molecule has 1 amide bonds. The molecule has 0 fully saturated rings. The third-order valence-electron chi connectivity index (χ3n) is 8.42. The van der Waals surface area contributed by atoms with Gasteiger partial charge in [-0.1, -0.05) is 109 Å². The van der Waals surface area contributed by atoms with E-state index in [-0.39, 0.29) is 17.3 Å². The van der Waals surface area contributed by atoms with Gasteiger partial charge in [0.1, 0.15) is 11.5 Å². The molecule has 0 aliphatic heterocycles. The van der Waals surface area contributed by atoms with E-state index >= 15 is 0 Å². The highest BCUT2D eigenvalue weighted by Crippen LogP contribution is 2.48. The Morgan fingerprint density at radius 2 is 1.31 bits per heavy atom. The van der Waals surface area contributed by atoms with Crippen molar-refractivity contribution in [3.63, 3.8) is 0 Å². The summed E-state index contributed by atoms with van der Waals surface area (Å²) in [6.45, 7) is 4.02. The van der Waals surface area contributed by atoms with Gasteiger partial charge in [0, 0.05) is 30.5 Å². The lowest BCUT2D eigenvalue weighted by molar-refractivity contribution is -0.132. The number of rotatable bonds is 15. The van der Waals surface area contributed by atoms with E-state index in [9.17, 15) is 13.2 Å². The smallest absolute Gasteiger partial charge is 0.241 e. The van der Waals surface area contributed by atoms with Gasteiger partial charge in [-0.15, -0.1) is 11.8 Å². The largest absolute Gasteiger partial charge is 0.497 e. The van der Waals surface area contributed by atoms with Crippen LogP contribution in [0.4, 0.5) is 0 Å². The third kappa shape index (κ3) is 8.36. The molecule has 0 aromatic heterocycles. The normalized spacial score (nSPS) is 12.2. The maximum Gasteiger partial charge on any atom is 0.241 e. The average molecular weight is 695 g/mol. The number of aryl methyl sites for hydroxylation is 1. The van der Waals surface area contributed by atoms with Crippen molar-refractivity contribution in [3.05, 3.63) is 161 Å². The van der Waals surface area contributed by atoms with Gasteiger partial charge in [-0.3, -0.25) is 4.79 Å². The molecule has 7 nitrogen and oxygen atoms in total. The fourth-order valence-electron chi connectivity index (χ4n) is 5.88. The number of nitrogens with one attached hydrogen (secondary N) is 1. The van der Waals surface area contributed by atoms with Crippen LogP contribution in [0.15, 0.2) is 138 Å². The van der Waals surface area contributed by atoms with Crippen molar-refractivity contribution in [1.29, 1.82) is 0 Å². The summed E-state index contributed by atoms with van der Waals surface area (Å²) in [4.78, 5) is 16.0. The Morgan fingerprint density at radius 3 is 1.80 bits per heavy atom. The molecule has 0 spiro atoms. The van der Waals surface area contributed by atoms with Crippen LogP contribution in [0.1, 0.15) is 34.7 Å². The number of carbonyl (C=O) groups is 1. The summed E-state index contributed by atoms with van der Waals surface area (Å²) in [6, 6.07) is 42.1. The third-order valence-corrected chi connectivity index (χ3v) is 11.5. The Morgan fingerprint density at radius 1 is 0.776 bits per heavy atom. The molecule has 0 radical (unpaired) electrons. The topological polar surface area (TPSA) is 84.9 Å². The van der Waals surface area contributed by atoms with E-state index in [0.29, 0.717) is 23.8 Å². The SMILES string of the molecule is COc1ccc(CN(CCSC(c2ccccc2)(c2ccccc2)c2ccccc2)C(=O)C(C)NS(=O)(=O)c2ccc(C)cc2)c(OC)c1. The van der Waals surface area contributed by atoms with E-state index in [1.807, 2.05) is 73.7 Å². The van der Waals surface area contributed by atoms with Gasteiger partial charge in [0.15, 0.2) is 0 Å². The first kappa shape index (κ1) is 35.7. The molecule has 49 heavy (non-hydrogen) atoms. The van der Waals surface area contributed by atoms with Crippen molar-refractivity contribution in [2.24, 2.45) is 0 Å². The van der Waals surface area contributed by atoms with E-state index in [1.54, 1.807) is 68.1 Å².